The quantitative estimate of drug-likeness (QED) is 0.351. The van der Waals surface area contributed by atoms with Crippen molar-refractivity contribution in [1.82, 2.24) is 19.2 Å². The number of rotatable bonds is 8. The first-order valence-electron chi connectivity index (χ1n) is 11.8. The minimum absolute atomic E-state index is 0.0316. The summed E-state index contributed by atoms with van der Waals surface area (Å²) in [7, 11) is 6.88. The van der Waals surface area contributed by atoms with Gasteiger partial charge in [-0.3, -0.25) is 14.0 Å². The monoisotopic (exact) mass is 520 g/mol. The van der Waals surface area contributed by atoms with E-state index in [1.165, 1.54) is 23.3 Å². The van der Waals surface area contributed by atoms with E-state index in [4.69, 9.17) is 9.47 Å². The number of carbonyl (C=O) groups is 2. The van der Waals surface area contributed by atoms with E-state index in [-0.39, 0.29) is 5.57 Å². The number of imidazole rings is 1. The molecule has 0 saturated heterocycles. The summed E-state index contributed by atoms with van der Waals surface area (Å²) < 4.78 is 12.9. The van der Waals surface area contributed by atoms with Gasteiger partial charge in [-0.15, -0.1) is 0 Å². The van der Waals surface area contributed by atoms with E-state index in [1.807, 2.05) is 54.6 Å². The van der Waals surface area contributed by atoms with Gasteiger partial charge in [0, 0.05) is 30.4 Å². The molecule has 9 nitrogen and oxygen atoms in total. The van der Waals surface area contributed by atoms with Gasteiger partial charge in [0.2, 0.25) is 5.78 Å². The highest BCUT2D eigenvalue weighted by Crippen LogP contribution is 2.44. The van der Waals surface area contributed by atoms with Crippen LogP contribution in [0.3, 0.4) is 0 Å². The number of aryl methyl sites for hydroxylation is 1. The molecule has 1 amide bonds. The second kappa shape index (κ2) is 9.53. The largest absolute Gasteiger partial charge is 0.503 e. The molecule has 0 bridgehead atoms. The van der Waals surface area contributed by atoms with Crippen LogP contribution in [0.2, 0.25) is 0 Å². The lowest BCUT2D eigenvalue weighted by atomic mass is 9.94. The number of thiazole rings is 1. The lowest BCUT2D eigenvalue weighted by Gasteiger charge is -2.29. The molecule has 1 atom stereocenters. The normalized spacial score (nSPS) is 16.0. The molecule has 1 unspecified atom stereocenters. The summed E-state index contributed by atoms with van der Waals surface area (Å²) in [6.07, 6.45) is 0. The third-order valence-corrected chi connectivity index (χ3v) is 7.81. The first-order chi connectivity index (χ1) is 17.8. The van der Waals surface area contributed by atoms with Crippen LogP contribution < -0.4 is 9.47 Å². The molecule has 0 radical (unpaired) electrons. The number of likely N-dealkylation sites (N-methyl/N-ethyl adjacent to an activating group) is 1. The van der Waals surface area contributed by atoms with E-state index in [0.717, 1.165) is 11.0 Å². The molecule has 1 aliphatic rings. The molecule has 0 spiro atoms. The summed E-state index contributed by atoms with van der Waals surface area (Å²) >= 11 is 1.25. The number of nitrogens with zero attached hydrogens (tertiary/aromatic N) is 4. The van der Waals surface area contributed by atoms with Crippen LogP contribution in [0, 0.1) is 6.92 Å². The molecule has 10 heteroatoms. The number of ether oxygens (including phenoxy) is 2. The van der Waals surface area contributed by atoms with Crippen LogP contribution in [-0.4, -0.2) is 77.4 Å². The number of hydrogen-bond acceptors (Lipinski definition) is 8. The summed E-state index contributed by atoms with van der Waals surface area (Å²) in [5.74, 6) is -0.499. The van der Waals surface area contributed by atoms with Gasteiger partial charge < -0.3 is 24.4 Å². The fourth-order valence-corrected chi connectivity index (χ4v) is 5.88. The Morgan fingerprint density at radius 3 is 2.62 bits per heavy atom. The zero-order chi connectivity index (χ0) is 26.4. The van der Waals surface area contributed by atoms with Crippen LogP contribution in [0.4, 0.5) is 0 Å². The van der Waals surface area contributed by atoms with E-state index in [2.05, 4.69) is 4.98 Å². The van der Waals surface area contributed by atoms with Crippen molar-refractivity contribution < 1.29 is 24.2 Å². The van der Waals surface area contributed by atoms with Gasteiger partial charge in [-0.2, -0.15) is 0 Å². The molecule has 0 saturated carbocycles. The Morgan fingerprint density at radius 2 is 1.92 bits per heavy atom. The molecule has 2 aromatic heterocycles. The Labute approximate surface area is 218 Å². The summed E-state index contributed by atoms with van der Waals surface area (Å²) in [6.45, 7) is 2.71. The lowest BCUT2D eigenvalue weighted by molar-refractivity contribution is -0.129. The van der Waals surface area contributed by atoms with Crippen molar-refractivity contribution in [3.63, 3.8) is 0 Å². The Kier molecular flexibility index (Phi) is 6.38. The van der Waals surface area contributed by atoms with E-state index in [0.29, 0.717) is 45.7 Å². The second-order valence-corrected chi connectivity index (χ2v) is 10.1. The molecule has 192 valence electrons. The molecule has 0 aliphatic carbocycles. The number of para-hydroxylation sites is 2. The minimum Gasteiger partial charge on any atom is -0.503 e. The number of methoxy groups -OCH3 is 2. The van der Waals surface area contributed by atoms with Gasteiger partial charge in [-0.25, -0.2) is 4.98 Å². The van der Waals surface area contributed by atoms with E-state index in [9.17, 15) is 14.7 Å². The Balaban J connectivity index is 1.65. The highest BCUT2D eigenvalue weighted by Gasteiger charge is 2.45. The molecule has 3 heterocycles. The van der Waals surface area contributed by atoms with Gasteiger partial charge in [-0.1, -0.05) is 23.5 Å². The average molecular weight is 521 g/mol. The smallest absolute Gasteiger partial charge is 0.290 e. The van der Waals surface area contributed by atoms with Crippen LogP contribution in [0.25, 0.3) is 16.0 Å². The SMILES string of the molecule is COc1ccc(C2C(C(=O)c3sc4nc5ccccc5n4c3C)=C(O)C(=O)N2CCN(C)C)c(OC)c1. The van der Waals surface area contributed by atoms with E-state index >= 15 is 0 Å². The van der Waals surface area contributed by atoms with Crippen LogP contribution in [0.5, 0.6) is 11.5 Å². The standard InChI is InChI=1S/C27H28N4O5S/c1-15-25(37-27-28-18-8-6-7-9-19(18)31(15)27)23(32)21-22(17-11-10-16(35-4)14-20(17)36-5)30(13-12-29(2)3)26(34)24(21)33/h6-11,14,22,33H,12-13H2,1-5H3. The number of amides is 1. The number of aliphatic hydroxyl groups is 1. The maximum atomic E-state index is 14.1. The fourth-order valence-electron chi connectivity index (χ4n) is 4.79. The first-order valence-corrected chi connectivity index (χ1v) is 12.6. The van der Waals surface area contributed by atoms with Crippen molar-refractivity contribution in [2.24, 2.45) is 0 Å². The highest BCUT2D eigenvalue weighted by atomic mass is 32.1. The van der Waals surface area contributed by atoms with Crippen LogP contribution in [0.15, 0.2) is 53.8 Å². The average Bonchev–Trinajstić information content (AvgIpc) is 3.50. The van der Waals surface area contributed by atoms with Crippen molar-refractivity contribution in [3.05, 3.63) is 69.9 Å². The van der Waals surface area contributed by atoms with Crippen molar-refractivity contribution >= 4 is 39.0 Å². The van der Waals surface area contributed by atoms with Crippen LogP contribution in [0.1, 0.15) is 27.0 Å². The lowest BCUT2D eigenvalue weighted by Crippen LogP contribution is -2.36. The molecular weight excluding hydrogens is 492 g/mol. The first kappa shape index (κ1) is 24.8. The summed E-state index contributed by atoms with van der Waals surface area (Å²) in [5, 5.41) is 11.1. The van der Waals surface area contributed by atoms with Crippen molar-refractivity contribution in [2.45, 2.75) is 13.0 Å². The number of Topliss-reactive ketones (excluding diaryl/α,β-unsaturated/α-hetero) is 1. The Morgan fingerprint density at radius 1 is 1.16 bits per heavy atom. The number of carbonyl (C=O) groups excluding carboxylic acids is 2. The molecule has 1 aliphatic heterocycles. The number of benzene rings is 2. The van der Waals surface area contributed by atoms with Gasteiger partial charge in [0.15, 0.2) is 10.7 Å². The molecule has 4 aromatic rings. The minimum atomic E-state index is -0.827. The molecular formula is C27H28N4O5S. The highest BCUT2D eigenvalue weighted by molar-refractivity contribution is 7.19. The zero-order valence-corrected chi connectivity index (χ0v) is 22.1. The number of aliphatic hydroxyl groups excluding tert-OH is 1. The number of ketones is 1. The maximum Gasteiger partial charge on any atom is 0.290 e. The van der Waals surface area contributed by atoms with E-state index < -0.39 is 23.5 Å². The molecule has 37 heavy (non-hydrogen) atoms. The molecule has 5 rings (SSSR count). The second-order valence-electron chi connectivity index (χ2n) is 9.14. The van der Waals surface area contributed by atoms with Gasteiger partial charge in [-0.05, 0) is 45.3 Å². The van der Waals surface area contributed by atoms with Crippen LogP contribution >= 0.6 is 11.3 Å². The third kappa shape index (κ3) is 4.02. The Hall–Kier alpha value is -3.89. The Bertz CT molecular complexity index is 1570. The van der Waals surface area contributed by atoms with Gasteiger partial charge in [0.1, 0.15) is 11.5 Å². The number of fused-ring (bicyclic) bond motifs is 3. The molecule has 0 fully saturated rings. The van der Waals surface area contributed by atoms with Crippen molar-refractivity contribution in [2.75, 3.05) is 41.4 Å². The van der Waals surface area contributed by atoms with Gasteiger partial charge in [0.05, 0.1) is 41.7 Å². The maximum absolute atomic E-state index is 14.1. The van der Waals surface area contributed by atoms with Crippen LogP contribution in [-0.2, 0) is 4.79 Å². The summed E-state index contributed by atoms with van der Waals surface area (Å²) in [6, 6.07) is 12.1. The third-order valence-electron chi connectivity index (χ3n) is 6.67. The predicted octanol–water partition coefficient (Wildman–Crippen LogP) is 4.01. The number of aromatic nitrogens is 2. The predicted molar refractivity (Wildman–Crippen MR) is 142 cm³/mol. The summed E-state index contributed by atoms with van der Waals surface area (Å²) in [4.78, 5) is 36.7. The van der Waals surface area contributed by atoms with Gasteiger partial charge in [0.25, 0.3) is 5.91 Å². The fraction of sp³-hybridized carbons (Fsp3) is 0.296. The summed E-state index contributed by atoms with van der Waals surface area (Å²) in [5.41, 5.74) is 3.06. The van der Waals surface area contributed by atoms with Crippen molar-refractivity contribution in [1.29, 1.82) is 0 Å². The zero-order valence-electron chi connectivity index (χ0n) is 21.3. The van der Waals surface area contributed by atoms with E-state index in [1.54, 1.807) is 25.3 Å². The molecule has 2 aromatic carbocycles. The number of hydrogen-bond donors (Lipinski definition) is 1. The van der Waals surface area contributed by atoms with Crippen molar-refractivity contribution in [3.8, 4) is 11.5 Å². The topological polar surface area (TPSA) is 96.6 Å². The molecule has 1 N–H and O–H groups in total. The van der Waals surface area contributed by atoms with Gasteiger partial charge >= 0.3 is 0 Å².